The van der Waals surface area contributed by atoms with Crippen LogP contribution in [0.25, 0.3) is 55.9 Å². The lowest BCUT2D eigenvalue weighted by molar-refractivity contribution is 0.992. The van der Waals surface area contributed by atoms with Crippen molar-refractivity contribution in [3.8, 4) is 22.5 Å². The Morgan fingerprint density at radius 3 is 1.19 bits per heavy atom. The third kappa shape index (κ3) is 2.61. The maximum Gasteiger partial charge on any atom is 0.141 e. The van der Waals surface area contributed by atoms with Crippen LogP contribution in [-0.4, -0.2) is 28.4 Å². The number of para-hydroxylation sites is 4. The Balaban J connectivity index is 1.19. The van der Waals surface area contributed by atoms with E-state index in [9.17, 15) is 0 Å². The molecule has 8 rings (SSSR count). The smallest absolute Gasteiger partial charge is 0.141 e. The van der Waals surface area contributed by atoms with Crippen LogP contribution in [-0.2, 0) is 0 Å². The number of imidazole rings is 2. The van der Waals surface area contributed by atoms with Gasteiger partial charge >= 0.3 is 0 Å². The van der Waals surface area contributed by atoms with E-state index < -0.39 is 0 Å². The third-order valence-electron chi connectivity index (χ3n) is 6.99. The van der Waals surface area contributed by atoms with Crippen molar-refractivity contribution in [3.63, 3.8) is 0 Å². The van der Waals surface area contributed by atoms with Gasteiger partial charge in [-0.05, 0) is 59.7 Å². The first-order chi connectivity index (χ1) is 17.9. The molecule has 4 aromatic carbocycles. The topological polar surface area (TPSA) is 44.5 Å². The lowest BCUT2D eigenvalue weighted by Gasteiger charge is -2.10. The number of nitrogens with zero attached hydrogens (tertiary/aromatic N) is 6. The Hall–Kier alpha value is -5.10. The Bertz CT molecular complexity index is 1880. The fourth-order valence-corrected chi connectivity index (χ4v) is 5.36. The highest BCUT2D eigenvalue weighted by molar-refractivity contribution is 5.85. The molecule has 0 radical (unpaired) electrons. The van der Waals surface area contributed by atoms with Gasteiger partial charge in [0.15, 0.2) is 0 Å². The molecule has 36 heavy (non-hydrogen) atoms. The summed E-state index contributed by atoms with van der Waals surface area (Å²) in [5, 5.41) is 9.02. The van der Waals surface area contributed by atoms with Crippen molar-refractivity contribution in [3.05, 3.63) is 122 Å². The largest absolute Gasteiger partial charge is 0.293 e. The zero-order valence-electron chi connectivity index (χ0n) is 19.2. The van der Waals surface area contributed by atoms with E-state index in [1.807, 2.05) is 21.4 Å². The van der Waals surface area contributed by atoms with Crippen molar-refractivity contribution < 1.29 is 0 Å². The summed E-state index contributed by atoms with van der Waals surface area (Å²) >= 11 is 0. The molecule has 0 spiro atoms. The zero-order chi connectivity index (χ0) is 23.6. The molecule has 170 valence electrons. The zero-order valence-corrected chi connectivity index (χ0v) is 19.2. The van der Waals surface area contributed by atoms with E-state index in [0.717, 1.165) is 44.7 Å². The Morgan fingerprint density at radius 2 is 0.778 bits per heavy atom. The number of rotatable bonds is 3. The molecular weight excluding hydrogens is 444 g/mol. The van der Waals surface area contributed by atoms with Crippen LogP contribution in [0, 0.1) is 0 Å². The molecule has 0 atom stereocenters. The maximum absolute atomic E-state index is 4.51. The third-order valence-corrected chi connectivity index (χ3v) is 6.99. The molecule has 4 heterocycles. The molecule has 6 heteroatoms. The summed E-state index contributed by atoms with van der Waals surface area (Å²) in [5.41, 5.74) is 11.2. The highest BCUT2D eigenvalue weighted by Crippen LogP contribution is 2.29. The minimum atomic E-state index is 1.05. The molecule has 0 aliphatic carbocycles. The molecule has 4 aromatic heterocycles. The van der Waals surface area contributed by atoms with Gasteiger partial charge in [0.05, 0.1) is 34.5 Å². The fraction of sp³-hybridized carbons (Fsp3) is 0. The van der Waals surface area contributed by atoms with Crippen LogP contribution in [0.1, 0.15) is 0 Å². The van der Waals surface area contributed by atoms with Crippen molar-refractivity contribution in [2.45, 2.75) is 0 Å². The van der Waals surface area contributed by atoms with E-state index in [4.69, 9.17) is 0 Å². The normalized spacial score (nSPS) is 11.9. The minimum absolute atomic E-state index is 1.05. The first kappa shape index (κ1) is 19.2. The average Bonchev–Trinajstić information content (AvgIpc) is 3.70. The molecule has 0 N–H and O–H groups in total. The van der Waals surface area contributed by atoms with Gasteiger partial charge in [-0.3, -0.25) is 9.13 Å². The Kier molecular flexibility index (Phi) is 3.85. The summed E-state index contributed by atoms with van der Waals surface area (Å²) in [6.45, 7) is 0. The van der Waals surface area contributed by atoms with Gasteiger partial charge in [-0.15, -0.1) is 0 Å². The molecule has 0 bridgehead atoms. The second-order valence-electron chi connectivity index (χ2n) is 8.94. The lowest BCUT2D eigenvalue weighted by Crippen LogP contribution is -1.94. The van der Waals surface area contributed by atoms with Gasteiger partial charge in [-0.1, -0.05) is 48.5 Å². The van der Waals surface area contributed by atoms with E-state index in [0.29, 0.717) is 0 Å². The van der Waals surface area contributed by atoms with Gasteiger partial charge < -0.3 is 0 Å². The second-order valence-corrected chi connectivity index (χ2v) is 8.94. The first-order valence-corrected chi connectivity index (χ1v) is 11.9. The van der Waals surface area contributed by atoms with Crippen molar-refractivity contribution in [1.82, 2.24) is 28.4 Å². The maximum atomic E-state index is 4.51. The second kappa shape index (κ2) is 7.20. The molecule has 6 nitrogen and oxygen atoms in total. The van der Waals surface area contributed by atoms with Crippen molar-refractivity contribution in [2.24, 2.45) is 0 Å². The van der Waals surface area contributed by atoms with Gasteiger partial charge in [0, 0.05) is 23.5 Å². The summed E-state index contributed by atoms with van der Waals surface area (Å²) < 4.78 is 8.49. The summed E-state index contributed by atoms with van der Waals surface area (Å²) in [4.78, 5) is 0. The van der Waals surface area contributed by atoms with Crippen molar-refractivity contribution >= 4 is 33.4 Å². The lowest BCUT2D eigenvalue weighted by atomic mass is 10.0. The standard InChI is InChI=1S/C30H20N6/c1-3-7-27-25(5-1)33(29-17-19-31-35(27)29)23-13-9-21(10-14-23)22-11-15-24(16-12-22)34-26-6-2-4-8-28(26)36-30(34)18-20-32-36/h1-20H. The van der Waals surface area contributed by atoms with Crippen LogP contribution in [0.5, 0.6) is 0 Å². The van der Waals surface area contributed by atoms with Gasteiger partial charge in [0.1, 0.15) is 11.3 Å². The molecule has 0 fully saturated rings. The van der Waals surface area contributed by atoms with Gasteiger partial charge in [0.2, 0.25) is 0 Å². The summed E-state index contributed by atoms with van der Waals surface area (Å²) in [7, 11) is 0. The molecule has 8 aromatic rings. The van der Waals surface area contributed by atoms with E-state index in [1.54, 1.807) is 0 Å². The van der Waals surface area contributed by atoms with Crippen LogP contribution in [0.4, 0.5) is 0 Å². The molecule has 0 aliphatic heterocycles. The number of fused-ring (bicyclic) bond motifs is 6. The van der Waals surface area contributed by atoms with E-state index in [2.05, 4.69) is 129 Å². The van der Waals surface area contributed by atoms with E-state index in [1.165, 1.54) is 11.1 Å². The summed E-state index contributed by atoms with van der Waals surface area (Å²) in [6, 6.07) is 38.3. The highest BCUT2D eigenvalue weighted by Gasteiger charge is 2.14. The SMILES string of the molecule is c1ccc2c(c1)n(-c1ccc(-c3ccc(-n4c5ccccc5n5nccc45)cc3)cc1)c1ccnn21. The number of hydrogen-bond donors (Lipinski definition) is 0. The van der Waals surface area contributed by atoms with Gasteiger partial charge in [-0.25, -0.2) is 9.03 Å². The molecule has 0 saturated carbocycles. The summed E-state index contributed by atoms with van der Waals surface area (Å²) in [5.74, 6) is 0. The quantitative estimate of drug-likeness (QED) is 0.298. The highest BCUT2D eigenvalue weighted by atomic mass is 15.3. The van der Waals surface area contributed by atoms with Gasteiger partial charge in [-0.2, -0.15) is 10.2 Å². The predicted molar refractivity (Wildman–Crippen MR) is 143 cm³/mol. The summed E-state index contributed by atoms with van der Waals surface area (Å²) in [6.07, 6.45) is 3.69. The number of benzene rings is 4. The predicted octanol–water partition coefficient (Wildman–Crippen LogP) is 6.54. The monoisotopic (exact) mass is 464 g/mol. The average molecular weight is 465 g/mol. The number of aromatic nitrogens is 6. The van der Waals surface area contributed by atoms with Gasteiger partial charge in [0.25, 0.3) is 0 Å². The van der Waals surface area contributed by atoms with Crippen molar-refractivity contribution in [2.75, 3.05) is 0 Å². The first-order valence-electron chi connectivity index (χ1n) is 11.9. The molecule has 0 amide bonds. The van der Waals surface area contributed by atoms with Crippen LogP contribution in [0.2, 0.25) is 0 Å². The van der Waals surface area contributed by atoms with E-state index in [-0.39, 0.29) is 0 Å². The molecular formula is C30H20N6. The molecule has 0 saturated heterocycles. The van der Waals surface area contributed by atoms with Crippen molar-refractivity contribution in [1.29, 1.82) is 0 Å². The number of hydrogen-bond acceptors (Lipinski definition) is 2. The molecule has 0 unspecified atom stereocenters. The Labute approximate surface area is 205 Å². The minimum Gasteiger partial charge on any atom is -0.293 e. The van der Waals surface area contributed by atoms with Crippen LogP contribution in [0.3, 0.4) is 0 Å². The fourth-order valence-electron chi connectivity index (χ4n) is 5.36. The van der Waals surface area contributed by atoms with Crippen LogP contribution in [0.15, 0.2) is 122 Å². The van der Waals surface area contributed by atoms with Crippen LogP contribution >= 0.6 is 0 Å². The molecule has 0 aliphatic rings. The Morgan fingerprint density at radius 1 is 0.389 bits per heavy atom. The van der Waals surface area contributed by atoms with E-state index >= 15 is 0 Å². The van der Waals surface area contributed by atoms with Crippen LogP contribution < -0.4 is 0 Å².